The molecule has 13 heteroatoms. The molecule has 11 nitrogen and oxygen atoms in total. The number of carbonyl (C=O) groups excluding carboxylic acids is 3. The average molecular weight is 772 g/mol. The monoisotopic (exact) mass is 771 g/mol. The Morgan fingerprint density at radius 2 is 1.11 bits per heavy atom. The predicted octanol–water partition coefficient (Wildman–Crippen LogP) is 3.84. The van der Waals surface area contributed by atoms with E-state index in [4.69, 9.17) is 24.1 Å². The zero-order valence-corrected chi connectivity index (χ0v) is 34.2. The van der Waals surface area contributed by atoms with Gasteiger partial charge in [0.25, 0.3) is 0 Å². The van der Waals surface area contributed by atoms with Crippen LogP contribution in [0.2, 0.25) is 0 Å². The number of hydrogen-bond acceptors (Lipinski definition) is 9. The van der Waals surface area contributed by atoms with Gasteiger partial charge in [0.15, 0.2) is 5.78 Å². The van der Waals surface area contributed by atoms with Crippen LogP contribution in [-0.4, -0.2) is 90.9 Å². The quantitative estimate of drug-likeness (QED) is 0.297. The molecule has 2 amide bonds. The zero-order valence-electron chi connectivity index (χ0n) is 33.2. The molecule has 2 N–H and O–H groups in total. The molecule has 8 rings (SSSR count). The van der Waals surface area contributed by atoms with Gasteiger partial charge < -0.3 is 40.4 Å². The van der Waals surface area contributed by atoms with Crippen LogP contribution in [0.25, 0.3) is 0 Å². The first-order valence-corrected chi connectivity index (χ1v) is 18.4. The van der Waals surface area contributed by atoms with Crippen LogP contribution in [0, 0.1) is 0 Å². The molecule has 4 aliphatic rings. The molecule has 4 aliphatic heterocycles. The third kappa shape index (κ3) is 10.9. The number of carbonyl (C=O) groups is 3. The van der Waals surface area contributed by atoms with Gasteiger partial charge in [-0.25, -0.2) is 9.59 Å². The number of amides is 2. The van der Waals surface area contributed by atoms with E-state index >= 15 is 0 Å². The van der Waals surface area contributed by atoms with Crippen LogP contribution in [0.5, 0.6) is 11.5 Å². The first kappa shape index (κ1) is 44.4. The van der Waals surface area contributed by atoms with E-state index in [1.165, 1.54) is 0 Å². The van der Waals surface area contributed by atoms with Gasteiger partial charge in [0.1, 0.15) is 35.9 Å². The fourth-order valence-electron chi connectivity index (χ4n) is 7.43. The normalized spacial score (nSPS) is 18.3. The molecule has 4 heterocycles. The summed E-state index contributed by atoms with van der Waals surface area (Å²) in [6.45, 7) is 2.75. The van der Waals surface area contributed by atoms with Crippen molar-refractivity contribution in [3.05, 3.63) is 131 Å². The van der Waals surface area contributed by atoms with Crippen molar-refractivity contribution in [3.63, 3.8) is 0 Å². The molecular weight excluding hydrogens is 722 g/mol. The number of para-hydroxylation sites is 2. The Kier molecular flexibility index (Phi) is 16.4. The molecule has 56 heavy (non-hydrogen) atoms. The van der Waals surface area contributed by atoms with Crippen molar-refractivity contribution in [1.82, 2.24) is 9.80 Å². The Bertz CT molecular complexity index is 1870. The van der Waals surface area contributed by atoms with E-state index in [-0.39, 0.29) is 70.6 Å². The molecular formula is C43H49BN2NaO9. The summed E-state index contributed by atoms with van der Waals surface area (Å²) in [5.41, 5.74) is 2.55. The number of fused-ring (bicyclic) bond motifs is 2. The van der Waals surface area contributed by atoms with Crippen LogP contribution in [0.1, 0.15) is 73.1 Å². The third-order valence-electron chi connectivity index (χ3n) is 10.4. The fraction of sp³-hybridized carbons (Fsp3) is 0.372. The number of piperidine rings is 2. The van der Waals surface area contributed by atoms with Gasteiger partial charge >= 0.3 is 41.7 Å². The Hall–Kier alpha value is -4.33. The second kappa shape index (κ2) is 20.7. The number of rotatable bonds is 4. The van der Waals surface area contributed by atoms with Crippen LogP contribution < -0.4 is 39.0 Å². The molecule has 4 aromatic rings. The van der Waals surface area contributed by atoms with Gasteiger partial charge in [-0.1, -0.05) is 91.0 Å². The SMILES string of the molecule is CO.O=C(OCc1ccccc1)N1CCC2(CC1)CC(O)c1ccccc1O2.O=C1CC2(CCN(C(=O)OCc3ccccc3)CC2)Oc2ccccc21.[B].[H-].[Na+]. The van der Waals surface area contributed by atoms with E-state index in [9.17, 15) is 19.5 Å². The molecule has 2 fully saturated rings. The Morgan fingerprint density at radius 1 is 0.679 bits per heavy atom. The maximum absolute atomic E-state index is 12.4. The molecule has 2 spiro atoms. The maximum atomic E-state index is 12.4. The number of ether oxygens (including phenoxy) is 4. The second-order valence-electron chi connectivity index (χ2n) is 14.0. The van der Waals surface area contributed by atoms with Crippen molar-refractivity contribution in [2.45, 2.75) is 69.0 Å². The summed E-state index contributed by atoms with van der Waals surface area (Å²) in [7, 11) is 1.00. The molecule has 0 bridgehead atoms. The maximum Gasteiger partial charge on any atom is 1.00 e. The van der Waals surface area contributed by atoms with Crippen molar-refractivity contribution in [2.75, 3.05) is 33.3 Å². The van der Waals surface area contributed by atoms with Crippen LogP contribution in [0.3, 0.4) is 0 Å². The second-order valence-corrected chi connectivity index (χ2v) is 14.0. The van der Waals surface area contributed by atoms with E-state index in [0.29, 0.717) is 76.0 Å². The van der Waals surface area contributed by atoms with E-state index < -0.39 is 17.3 Å². The fourth-order valence-corrected chi connectivity index (χ4v) is 7.43. The van der Waals surface area contributed by atoms with Crippen LogP contribution in [0.15, 0.2) is 109 Å². The van der Waals surface area contributed by atoms with Gasteiger partial charge in [-0.15, -0.1) is 0 Å². The van der Waals surface area contributed by atoms with Gasteiger partial charge in [0.2, 0.25) is 0 Å². The molecule has 1 unspecified atom stereocenters. The average Bonchev–Trinajstić information content (AvgIpc) is 3.21. The van der Waals surface area contributed by atoms with E-state index in [2.05, 4.69) is 0 Å². The number of Topliss-reactive ketones (excluding diaryl/α,β-unsaturated/α-hetero) is 1. The number of hydrogen-bond donors (Lipinski definition) is 2. The van der Waals surface area contributed by atoms with Crippen LogP contribution in [-0.2, 0) is 22.7 Å². The first-order chi connectivity index (χ1) is 26.3. The van der Waals surface area contributed by atoms with Gasteiger partial charge in [0.05, 0.1) is 18.1 Å². The predicted molar refractivity (Wildman–Crippen MR) is 208 cm³/mol. The van der Waals surface area contributed by atoms with Crippen molar-refractivity contribution in [1.29, 1.82) is 0 Å². The van der Waals surface area contributed by atoms with Gasteiger partial charge in [-0.3, -0.25) is 4.79 Å². The molecule has 0 aliphatic carbocycles. The van der Waals surface area contributed by atoms with E-state index in [1.807, 2.05) is 103 Å². The minimum absolute atomic E-state index is 0. The van der Waals surface area contributed by atoms with Crippen molar-refractivity contribution < 1.29 is 74.5 Å². The summed E-state index contributed by atoms with van der Waals surface area (Å²) in [6.07, 6.45) is 2.47. The summed E-state index contributed by atoms with van der Waals surface area (Å²) < 4.78 is 23.3. The Balaban J connectivity index is 0.000000279. The minimum Gasteiger partial charge on any atom is -1.00 e. The Labute approximate surface area is 354 Å². The summed E-state index contributed by atoms with van der Waals surface area (Å²) in [5, 5.41) is 17.5. The number of benzene rings is 4. The van der Waals surface area contributed by atoms with Gasteiger partial charge in [-0.05, 0) is 29.3 Å². The third-order valence-corrected chi connectivity index (χ3v) is 10.4. The number of ketones is 1. The molecule has 289 valence electrons. The summed E-state index contributed by atoms with van der Waals surface area (Å²) in [5.74, 6) is 1.53. The smallest absolute Gasteiger partial charge is 1.00 e. The summed E-state index contributed by atoms with van der Waals surface area (Å²) in [6, 6.07) is 34.3. The van der Waals surface area contributed by atoms with Crippen molar-refractivity contribution >= 4 is 26.4 Å². The topological polar surface area (TPSA) is 135 Å². The Morgan fingerprint density at radius 3 is 1.64 bits per heavy atom. The van der Waals surface area contributed by atoms with Gasteiger partial charge in [-0.2, -0.15) is 0 Å². The van der Waals surface area contributed by atoms with Gasteiger partial charge in [0, 0.05) is 79.4 Å². The summed E-state index contributed by atoms with van der Waals surface area (Å²) >= 11 is 0. The molecule has 0 saturated carbocycles. The van der Waals surface area contributed by atoms with Crippen LogP contribution >= 0.6 is 0 Å². The van der Waals surface area contributed by atoms with E-state index in [1.54, 1.807) is 15.9 Å². The molecule has 4 aromatic carbocycles. The number of nitrogens with zero attached hydrogens (tertiary/aromatic N) is 2. The molecule has 3 radical (unpaired) electrons. The minimum atomic E-state index is -0.517. The molecule has 2 saturated heterocycles. The standard InChI is InChI=1S/C21H23NO4.C21H21NO4.CH4O.B.Na.H/c2*23-18-14-21(26-19-9-5-4-8-17(18)19)10-12-22(13-11-21)20(24)25-15-16-6-2-1-3-7-16;1-2;;;/h1-9,18,23H,10-15H2;1-9H,10-15H2;2H,1H3;;;/q;;;;+1;-1. The van der Waals surface area contributed by atoms with E-state index in [0.717, 1.165) is 29.5 Å². The van der Waals surface area contributed by atoms with Crippen molar-refractivity contribution in [3.8, 4) is 11.5 Å². The largest absolute Gasteiger partial charge is 1.00 e. The van der Waals surface area contributed by atoms with Crippen molar-refractivity contribution in [2.24, 2.45) is 0 Å². The molecule has 0 aromatic heterocycles. The number of aliphatic hydroxyl groups is 2. The summed E-state index contributed by atoms with van der Waals surface area (Å²) in [4.78, 5) is 40.5. The van der Waals surface area contributed by atoms with Crippen LogP contribution in [0.4, 0.5) is 9.59 Å². The first-order valence-electron chi connectivity index (χ1n) is 18.4. The zero-order chi connectivity index (χ0) is 38.0. The number of likely N-dealkylation sites (tertiary alicyclic amines) is 2. The number of aliphatic hydroxyl groups excluding tert-OH is 2. The molecule has 1 atom stereocenters.